The number of nitrogens with zero attached hydrogens (tertiary/aromatic N) is 2. The van der Waals surface area contributed by atoms with Gasteiger partial charge in [-0.2, -0.15) is 0 Å². The lowest BCUT2D eigenvalue weighted by Gasteiger charge is -2.15. The second-order valence-corrected chi connectivity index (χ2v) is 7.95. The monoisotopic (exact) mass is 501 g/mol. The normalized spacial score (nSPS) is 10.7. The van der Waals surface area contributed by atoms with E-state index in [9.17, 15) is 4.39 Å². The van der Waals surface area contributed by atoms with Crippen molar-refractivity contribution in [2.45, 2.75) is 0 Å². The van der Waals surface area contributed by atoms with E-state index in [4.69, 9.17) is 9.47 Å². The van der Waals surface area contributed by atoms with E-state index in [1.165, 1.54) is 6.33 Å². The number of fused-ring (bicyclic) bond motifs is 1. The molecule has 5 rings (SSSR count). The highest BCUT2D eigenvalue weighted by molar-refractivity contribution is 9.10. The molecule has 1 heterocycles. The minimum atomic E-state index is -0.408. The fourth-order valence-corrected chi connectivity index (χ4v) is 3.65. The van der Waals surface area contributed by atoms with Crippen LogP contribution >= 0.6 is 15.9 Å². The van der Waals surface area contributed by atoms with Crippen LogP contribution in [0.3, 0.4) is 0 Å². The zero-order valence-electron chi connectivity index (χ0n) is 17.2. The summed E-state index contributed by atoms with van der Waals surface area (Å²) < 4.78 is 27.2. The van der Waals surface area contributed by atoms with Gasteiger partial charge in [0.1, 0.15) is 23.6 Å². The van der Waals surface area contributed by atoms with Crippen molar-refractivity contribution in [2.75, 3.05) is 5.32 Å². The van der Waals surface area contributed by atoms with Crippen LogP contribution in [0.5, 0.6) is 23.0 Å². The van der Waals surface area contributed by atoms with E-state index in [1.54, 1.807) is 30.3 Å². The number of hydrogen-bond acceptors (Lipinski definition) is 5. The van der Waals surface area contributed by atoms with Crippen molar-refractivity contribution in [3.8, 4) is 23.0 Å². The Balaban J connectivity index is 1.61. The summed E-state index contributed by atoms with van der Waals surface area (Å²) >= 11 is 3.21. The van der Waals surface area contributed by atoms with Crippen LogP contribution in [0.15, 0.2) is 102 Å². The molecule has 1 aromatic heterocycles. The Morgan fingerprint density at radius 2 is 1.36 bits per heavy atom. The zero-order chi connectivity index (χ0) is 22.6. The molecular formula is C26H17BrFN3O2. The van der Waals surface area contributed by atoms with Crippen LogP contribution in [-0.4, -0.2) is 9.97 Å². The number of halogens is 2. The van der Waals surface area contributed by atoms with Gasteiger partial charge in [0.15, 0.2) is 17.3 Å². The van der Waals surface area contributed by atoms with E-state index in [-0.39, 0.29) is 0 Å². The number of para-hydroxylation sites is 2. The number of aromatic nitrogens is 2. The predicted octanol–water partition coefficient (Wildman–Crippen LogP) is 7.86. The van der Waals surface area contributed by atoms with E-state index in [0.717, 1.165) is 0 Å². The lowest BCUT2D eigenvalue weighted by Crippen LogP contribution is -1.99. The molecule has 5 nitrogen and oxygen atoms in total. The highest BCUT2D eigenvalue weighted by Crippen LogP contribution is 2.39. The molecule has 162 valence electrons. The molecular weight excluding hydrogens is 485 g/mol. The number of hydrogen-bond donors (Lipinski definition) is 1. The van der Waals surface area contributed by atoms with Crippen molar-refractivity contribution in [3.63, 3.8) is 0 Å². The van der Waals surface area contributed by atoms with E-state index >= 15 is 0 Å². The molecule has 0 unspecified atom stereocenters. The van der Waals surface area contributed by atoms with Gasteiger partial charge in [0.25, 0.3) is 0 Å². The van der Waals surface area contributed by atoms with Gasteiger partial charge < -0.3 is 14.8 Å². The SMILES string of the molecule is Fc1c(Br)cccc1Nc1ncnc2cc(Oc3ccccc3)c(Oc3ccccc3)cc12. The average molecular weight is 502 g/mol. The zero-order valence-corrected chi connectivity index (χ0v) is 18.8. The van der Waals surface area contributed by atoms with Crippen LogP contribution in [-0.2, 0) is 0 Å². The Hall–Kier alpha value is -3.97. The number of ether oxygens (including phenoxy) is 2. The molecule has 5 aromatic rings. The highest BCUT2D eigenvalue weighted by Gasteiger charge is 2.15. The van der Waals surface area contributed by atoms with E-state index < -0.39 is 5.82 Å². The number of anilines is 2. The summed E-state index contributed by atoms with van der Waals surface area (Å²) in [6, 6.07) is 27.4. The largest absolute Gasteiger partial charge is 0.453 e. The van der Waals surface area contributed by atoms with Crippen molar-refractivity contribution in [1.82, 2.24) is 9.97 Å². The van der Waals surface area contributed by atoms with Gasteiger partial charge in [0, 0.05) is 11.5 Å². The van der Waals surface area contributed by atoms with Gasteiger partial charge in [-0.1, -0.05) is 42.5 Å². The average Bonchev–Trinajstić information content (AvgIpc) is 2.84. The van der Waals surface area contributed by atoms with E-state index in [0.29, 0.717) is 49.9 Å². The van der Waals surface area contributed by atoms with Crippen LogP contribution in [0.4, 0.5) is 15.9 Å². The van der Waals surface area contributed by atoms with Gasteiger partial charge in [-0.25, -0.2) is 14.4 Å². The lowest BCUT2D eigenvalue weighted by molar-refractivity contribution is 0.420. The van der Waals surface area contributed by atoms with Crippen molar-refractivity contribution >= 4 is 38.3 Å². The molecule has 0 saturated heterocycles. The maximum absolute atomic E-state index is 14.6. The Labute approximate surface area is 198 Å². The molecule has 0 amide bonds. The molecule has 0 aliphatic heterocycles. The molecule has 0 spiro atoms. The topological polar surface area (TPSA) is 56.3 Å². The number of nitrogens with one attached hydrogen (secondary N) is 1. The fourth-order valence-electron chi connectivity index (χ4n) is 3.28. The van der Waals surface area contributed by atoms with Gasteiger partial charge in [0.2, 0.25) is 0 Å². The first-order valence-electron chi connectivity index (χ1n) is 10.1. The molecule has 33 heavy (non-hydrogen) atoms. The predicted molar refractivity (Wildman–Crippen MR) is 130 cm³/mol. The van der Waals surface area contributed by atoms with Gasteiger partial charge in [-0.3, -0.25) is 0 Å². The van der Waals surface area contributed by atoms with Crippen LogP contribution in [0.1, 0.15) is 0 Å². The van der Waals surface area contributed by atoms with Crippen molar-refractivity contribution in [1.29, 1.82) is 0 Å². The molecule has 0 saturated carbocycles. The van der Waals surface area contributed by atoms with Gasteiger partial charge in [0.05, 0.1) is 15.7 Å². The number of benzene rings is 4. The van der Waals surface area contributed by atoms with Crippen molar-refractivity contribution in [3.05, 3.63) is 108 Å². The summed E-state index contributed by atoms with van der Waals surface area (Å²) in [5.41, 5.74) is 0.911. The van der Waals surface area contributed by atoms with Gasteiger partial charge in [-0.05, 0) is 58.4 Å². The highest BCUT2D eigenvalue weighted by atomic mass is 79.9. The lowest BCUT2D eigenvalue weighted by atomic mass is 10.2. The summed E-state index contributed by atoms with van der Waals surface area (Å²) in [4.78, 5) is 8.72. The third-order valence-electron chi connectivity index (χ3n) is 4.85. The van der Waals surface area contributed by atoms with Crippen LogP contribution in [0.25, 0.3) is 10.9 Å². The molecule has 0 bridgehead atoms. The van der Waals surface area contributed by atoms with Crippen LogP contribution in [0, 0.1) is 5.82 Å². The molecule has 4 aromatic carbocycles. The Bertz CT molecular complexity index is 1420. The second kappa shape index (κ2) is 9.26. The Morgan fingerprint density at radius 3 is 2.03 bits per heavy atom. The maximum atomic E-state index is 14.6. The Morgan fingerprint density at radius 1 is 0.727 bits per heavy atom. The van der Waals surface area contributed by atoms with Crippen LogP contribution < -0.4 is 14.8 Å². The molecule has 0 fully saturated rings. The third-order valence-corrected chi connectivity index (χ3v) is 5.46. The Kier molecular flexibility index (Phi) is 5.87. The maximum Gasteiger partial charge on any atom is 0.172 e. The minimum absolute atomic E-state index is 0.291. The summed E-state index contributed by atoms with van der Waals surface area (Å²) in [6.45, 7) is 0. The van der Waals surface area contributed by atoms with E-state index in [1.807, 2.05) is 60.7 Å². The molecule has 0 radical (unpaired) electrons. The van der Waals surface area contributed by atoms with Crippen molar-refractivity contribution in [2.24, 2.45) is 0 Å². The molecule has 7 heteroatoms. The molecule has 1 N–H and O–H groups in total. The fraction of sp³-hybridized carbons (Fsp3) is 0. The summed E-state index contributed by atoms with van der Waals surface area (Å²) in [7, 11) is 0. The molecule has 0 aliphatic carbocycles. The second-order valence-electron chi connectivity index (χ2n) is 7.09. The first-order valence-corrected chi connectivity index (χ1v) is 10.9. The smallest absolute Gasteiger partial charge is 0.172 e. The minimum Gasteiger partial charge on any atom is -0.453 e. The standard InChI is InChI=1S/C26H17BrFN3O2/c27-20-12-7-13-21(25(20)28)31-26-19-14-23(32-17-8-3-1-4-9-17)24(15-22(19)29-16-30-26)33-18-10-5-2-6-11-18/h1-16H,(H,29,30,31). The van der Waals surface area contributed by atoms with Crippen molar-refractivity contribution < 1.29 is 13.9 Å². The number of rotatable bonds is 6. The van der Waals surface area contributed by atoms with Gasteiger partial charge in [-0.15, -0.1) is 0 Å². The quantitative estimate of drug-likeness (QED) is 0.256. The molecule has 0 atom stereocenters. The third kappa shape index (κ3) is 4.63. The summed E-state index contributed by atoms with van der Waals surface area (Å²) in [5.74, 6) is 2.33. The first kappa shape index (κ1) is 20.9. The summed E-state index contributed by atoms with van der Waals surface area (Å²) in [5, 5.41) is 3.72. The summed E-state index contributed by atoms with van der Waals surface area (Å²) in [6.07, 6.45) is 1.42. The van der Waals surface area contributed by atoms with E-state index in [2.05, 4.69) is 31.2 Å². The molecule has 0 aliphatic rings. The van der Waals surface area contributed by atoms with Gasteiger partial charge >= 0.3 is 0 Å². The first-order chi connectivity index (χ1) is 16.2. The van der Waals surface area contributed by atoms with Crippen LogP contribution in [0.2, 0.25) is 0 Å².